The Morgan fingerprint density at radius 2 is 2.12 bits per heavy atom. The maximum atomic E-state index is 10.6. The number of aryl methyl sites for hydroxylation is 2. The molecule has 1 heterocycles. The van der Waals surface area contributed by atoms with Crippen LogP contribution in [-0.4, -0.2) is 28.2 Å². The predicted molar refractivity (Wildman–Crippen MR) is 58.7 cm³/mol. The number of carboxylic acids is 1. The van der Waals surface area contributed by atoms with Crippen molar-refractivity contribution in [3.05, 3.63) is 17.1 Å². The summed E-state index contributed by atoms with van der Waals surface area (Å²) in [6.07, 6.45) is 1.21. The molecule has 16 heavy (non-hydrogen) atoms. The lowest BCUT2D eigenvalue weighted by Gasteiger charge is -2.11. The van der Waals surface area contributed by atoms with Crippen LogP contribution in [0.15, 0.2) is 0 Å². The molecule has 0 saturated heterocycles. The standard InChI is InChI=1S/C11H16N2O3/c1-4-9-8(5-6-10(14)15)11(16-3)13-7(2)12-9/h4-6H2,1-3H3,(H,14,15). The van der Waals surface area contributed by atoms with Crippen LogP contribution in [0, 0.1) is 6.92 Å². The number of aromatic nitrogens is 2. The highest BCUT2D eigenvalue weighted by Crippen LogP contribution is 2.21. The summed E-state index contributed by atoms with van der Waals surface area (Å²) < 4.78 is 5.16. The molecule has 1 rings (SSSR count). The molecule has 0 radical (unpaired) electrons. The fourth-order valence-corrected chi connectivity index (χ4v) is 1.57. The fraction of sp³-hybridized carbons (Fsp3) is 0.545. The van der Waals surface area contributed by atoms with Crippen molar-refractivity contribution in [3.63, 3.8) is 0 Å². The Bertz CT molecular complexity index is 366. The van der Waals surface area contributed by atoms with Crippen molar-refractivity contribution in [2.45, 2.75) is 33.1 Å². The van der Waals surface area contributed by atoms with Gasteiger partial charge in [0.05, 0.1) is 12.8 Å². The highest BCUT2D eigenvalue weighted by Gasteiger charge is 2.13. The number of nitrogens with zero attached hydrogens (tertiary/aromatic N) is 2. The van der Waals surface area contributed by atoms with Crippen LogP contribution in [0.2, 0.25) is 0 Å². The minimum atomic E-state index is -0.829. The van der Waals surface area contributed by atoms with Crippen LogP contribution < -0.4 is 4.74 Å². The largest absolute Gasteiger partial charge is 0.481 e. The molecule has 0 aliphatic heterocycles. The van der Waals surface area contributed by atoms with E-state index < -0.39 is 5.97 Å². The summed E-state index contributed by atoms with van der Waals surface area (Å²) in [5, 5.41) is 8.67. The molecule has 1 N–H and O–H groups in total. The number of rotatable bonds is 5. The average molecular weight is 224 g/mol. The first-order valence-electron chi connectivity index (χ1n) is 5.20. The smallest absolute Gasteiger partial charge is 0.303 e. The molecule has 0 aliphatic rings. The molecular weight excluding hydrogens is 208 g/mol. The van der Waals surface area contributed by atoms with E-state index in [0.717, 1.165) is 17.7 Å². The second kappa shape index (κ2) is 5.44. The fourth-order valence-electron chi connectivity index (χ4n) is 1.57. The number of carboxylic acid groups (broad SMARTS) is 1. The van der Waals surface area contributed by atoms with Gasteiger partial charge in [-0.1, -0.05) is 6.92 Å². The van der Waals surface area contributed by atoms with Gasteiger partial charge in [0.15, 0.2) is 0 Å². The van der Waals surface area contributed by atoms with Crippen LogP contribution in [0.5, 0.6) is 5.88 Å². The summed E-state index contributed by atoms with van der Waals surface area (Å²) in [6, 6.07) is 0. The highest BCUT2D eigenvalue weighted by atomic mass is 16.5. The van der Waals surface area contributed by atoms with Crippen LogP contribution in [-0.2, 0) is 17.6 Å². The van der Waals surface area contributed by atoms with Crippen LogP contribution in [0.25, 0.3) is 0 Å². The maximum Gasteiger partial charge on any atom is 0.303 e. The molecule has 0 atom stereocenters. The van der Waals surface area contributed by atoms with E-state index >= 15 is 0 Å². The molecule has 0 unspecified atom stereocenters. The van der Waals surface area contributed by atoms with Gasteiger partial charge in [-0.3, -0.25) is 4.79 Å². The molecule has 88 valence electrons. The number of ether oxygens (including phenoxy) is 1. The van der Waals surface area contributed by atoms with Crippen LogP contribution in [0.4, 0.5) is 0 Å². The van der Waals surface area contributed by atoms with E-state index in [0.29, 0.717) is 18.1 Å². The van der Waals surface area contributed by atoms with E-state index in [1.165, 1.54) is 7.11 Å². The Labute approximate surface area is 94.5 Å². The SMILES string of the molecule is CCc1nc(C)nc(OC)c1CCC(=O)O. The quantitative estimate of drug-likeness (QED) is 0.817. The maximum absolute atomic E-state index is 10.6. The normalized spacial score (nSPS) is 10.2. The third kappa shape index (κ3) is 2.92. The van der Waals surface area contributed by atoms with Gasteiger partial charge in [-0.15, -0.1) is 0 Å². The first-order chi connectivity index (χ1) is 7.58. The van der Waals surface area contributed by atoms with E-state index in [9.17, 15) is 4.79 Å². The minimum absolute atomic E-state index is 0.0653. The zero-order valence-electron chi connectivity index (χ0n) is 9.78. The number of hydrogen-bond acceptors (Lipinski definition) is 4. The molecule has 5 heteroatoms. The molecule has 0 spiro atoms. The summed E-state index contributed by atoms with van der Waals surface area (Å²) in [6.45, 7) is 3.77. The van der Waals surface area contributed by atoms with E-state index in [1.807, 2.05) is 6.92 Å². The number of methoxy groups -OCH3 is 1. The van der Waals surface area contributed by atoms with Gasteiger partial charge in [0, 0.05) is 12.0 Å². The first kappa shape index (κ1) is 12.4. The van der Waals surface area contributed by atoms with Crippen LogP contribution in [0.1, 0.15) is 30.4 Å². The van der Waals surface area contributed by atoms with Gasteiger partial charge in [-0.25, -0.2) is 4.98 Å². The number of aliphatic carboxylic acids is 1. The molecule has 0 aliphatic carbocycles. The van der Waals surface area contributed by atoms with Gasteiger partial charge in [-0.05, 0) is 19.8 Å². The van der Waals surface area contributed by atoms with E-state index in [2.05, 4.69) is 9.97 Å². The van der Waals surface area contributed by atoms with Gasteiger partial charge >= 0.3 is 5.97 Å². The van der Waals surface area contributed by atoms with Crippen molar-refractivity contribution in [2.75, 3.05) is 7.11 Å². The van der Waals surface area contributed by atoms with E-state index in [4.69, 9.17) is 9.84 Å². The summed E-state index contributed by atoms with van der Waals surface area (Å²) in [4.78, 5) is 19.0. The summed E-state index contributed by atoms with van der Waals surface area (Å²) in [5.41, 5.74) is 1.67. The van der Waals surface area contributed by atoms with Crippen molar-refractivity contribution in [1.29, 1.82) is 0 Å². The number of hydrogen-bond donors (Lipinski definition) is 1. The first-order valence-corrected chi connectivity index (χ1v) is 5.20. The van der Waals surface area contributed by atoms with E-state index in [1.54, 1.807) is 6.92 Å². The van der Waals surface area contributed by atoms with Gasteiger partial charge in [0.2, 0.25) is 5.88 Å². The molecule has 0 amide bonds. The Hall–Kier alpha value is -1.65. The topological polar surface area (TPSA) is 72.3 Å². The van der Waals surface area contributed by atoms with Gasteiger partial charge in [-0.2, -0.15) is 4.98 Å². The minimum Gasteiger partial charge on any atom is -0.481 e. The van der Waals surface area contributed by atoms with Gasteiger partial charge in [0.25, 0.3) is 0 Å². The Kier molecular flexibility index (Phi) is 4.22. The van der Waals surface area contributed by atoms with E-state index in [-0.39, 0.29) is 6.42 Å². The zero-order chi connectivity index (χ0) is 12.1. The molecule has 5 nitrogen and oxygen atoms in total. The van der Waals surface area contributed by atoms with Crippen molar-refractivity contribution < 1.29 is 14.6 Å². The zero-order valence-corrected chi connectivity index (χ0v) is 9.78. The lowest BCUT2D eigenvalue weighted by Crippen LogP contribution is -2.07. The molecule has 0 saturated carbocycles. The second-order valence-corrected chi connectivity index (χ2v) is 3.45. The van der Waals surface area contributed by atoms with Crippen molar-refractivity contribution in [3.8, 4) is 5.88 Å². The molecule has 0 fully saturated rings. The van der Waals surface area contributed by atoms with Crippen LogP contribution in [0.3, 0.4) is 0 Å². The molecule has 0 aromatic carbocycles. The molecule has 1 aromatic rings. The molecule has 0 bridgehead atoms. The Morgan fingerprint density at radius 1 is 1.44 bits per heavy atom. The Balaban J connectivity index is 3.06. The van der Waals surface area contributed by atoms with Crippen LogP contribution >= 0.6 is 0 Å². The average Bonchev–Trinajstić information content (AvgIpc) is 2.25. The van der Waals surface area contributed by atoms with Crippen molar-refractivity contribution in [1.82, 2.24) is 9.97 Å². The lowest BCUT2D eigenvalue weighted by molar-refractivity contribution is -0.136. The molecular formula is C11H16N2O3. The number of carbonyl (C=O) groups is 1. The lowest BCUT2D eigenvalue weighted by atomic mass is 10.1. The predicted octanol–water partition coefficient (Wildman–Crippen LogP) is 1.37. The monoisotopic (exact) mass is 224 g/mol. The summed E-state index contributed by atoms with van der Waals surface area (Å²) >= 11 is 0. The third-order valence-corrected chi connectivity index (χ3v) is 2.28. The second-order valence-electron chi connectivity index (χ2n) is 3.45. The Morgan fingerprint density at radius 3 is 2.62 bits per heavy atom. The third-order valence-electron chi connectivity index (χ3n) is 2.28. The highest BCUT2D eigenvalue weighted by molar-refractivity contribution is 5.67. The summed E-state index contributed by atoms with van der Waals surface area (Å²) in [5.74, 6) is 0.308. The van der Waals surface area contributed by atoms with Gasteiger partial charge in [0.1, 0.15) is 5.82 Å². The van der Waals surface area contributed by atoms with Crippen molar-refractivity contribution >= 4 is 5.97 Å². The summed E-state index contributed by atoms with van der Waals surface area (Å²) in [7, 11) is 1.53. The van der Waals surface area contributed by atoms with Gasteiger partial charge < -0.3 is 9.84 Å². The van der Waals surface area contributed by atoms with Crippen molar-refractivity contribution in [2.24, 2.45) is 0 Å². The molecule has 1 aromatic heterocycles.